The van der Waals surface area contributed by atoms with Crippen LogP contribution in [0.25, 0.3) is 0 Å². The number of rotatable bonds is 8. The van der Waals surface area contributed by atoms with Crippen LogP contribution in [-0.4, -0.2) is 23.9 Å². The molecular weight excluding hydrogens is 332 g/mol. The predicted molar refractivity (Wildman–Crippen MR) is 99.6 cm³/mol. The van der Waals surface area contributed by atoms with Crippen LogP contribution in [0.4, 0.5) is 5.69 Å². The number of nitrogens with one attached hydrogen (secondary N) is 1. The number of anilines is 1. The number of carbonyl (C=O) groups is 3. The largest absolute Gasteiger partial charge is 0.453 e. The van der Waals surface area contributed by atoms with Crippen molar-refractivity contribution in [3.8, 4) is 0 Å². The zero-order valence-corrected chi connectivity index (χ0v) is 15.3. The molecule has 142 valence electrons. The van der Waals surface area contributed by atoms with Crippen LogP contribution in [0.1, 0.15) is 68.6 Å². The first-order valence-electron chi connectivity index (χ1n) is 9.36. The summed E-state index contributed by atoms with van der Waals surface area (Å²) in [7, 11) is 0. The molecule has 3 N–H and O–H groups in total. The number of primary amides is 1. The molecule has 0 aliphatic heterocycles. The van der Waals surface area contributed by atoms with E-state index in [1.165, 1.54) is 44.2 Å². The van der Waals surface area contributed by atoms with Gasteiger partial charge in [-0.05, 0) is 49.9 Å². The summed E-state index contributed by atoms with van der Waals surface area (Å²) in [6.45, 7) is 1.55. The minimum atomic E-state index is -0.868. The number of ether oxygens (including phenoxy) is 1. The maximum absolute atomic E-state index is 12.1. The second kappa shape index (κ2) is 9.94. The summed E-state index contributed by atoms with van der Waals surface area (Å²) in [5, 5.41) is 2.65. The van der Waals surface area contributed by atoms with Crippen LogP contribution in [0.2, 0.25) is 0 Å². The molecule has 0 heterocycles. The predicted octanol–water partition coefficient (Wildman–Crippen LogP) is 3.41. The topological polar surface area (TPSA) is 98.5 Å². The Labute approximate surface area is 154 Å². The Morgan fingerprint density at radius 3 is 2.42 bits per heavy atom. The average molecular weight is 360 g/mol. The van der Waals surface area contributed by atoms with E-state index in [0.717, 1.165) is 18.8 Å². The molecule has 1 fully saturated rings. The highest BCUT2D eigenvalue weighted by Crippen LogP contribution is 2.27. The minimum Gasteiger partial charge on any atom is -0.453 e. The van der Waals surface area contributed by atoms with Gasteiger partial charge in [-0.1, -0.05) is 32.1 Å². The second-order valence-electron chi connectivity index (χ2n) is 6.96. The van der Waals surface area contributed by atoms with Gasteiger partial charge in [-0.15, -0.1) is 0 Å². The zero-order chi connectivity index (χ0) is 18.9. The van der Waals surface area contributed by atoms with Crippen LogP contribution < -0.4 is 11.1 Å². The Bertz CT molecular complexity index is 621. The van der Waals surface area contributed by atoms with Gasteiger partial charge < -0.3 is 15.8 Å². The molecule has 0 bridgehead atoms. The lowest BCUT2D eigenvalue weighted by Gasteiger charge is -2.21. The van der Waals surface area contributed by atoms with E-state index >= 15 is 0 Å². The van der Waals surface area contributed by atoms with Crippen LogP contribution in [0.3, 0.4) is 0 Å². The van der Waals surface area contributed by atoms with E-state index in [0.29, 0.717) is 17.7 Å². The number of hydrogen-bond acceptors (Lipinski definition) is 4. The lowest BCUT2D eigenvalue weighted by molar-refractivity contribution is -0.153. The summed E-state index contributed by atoms with van der Waals surface area (Å²) in [6.07, 6.45) is 7.81. The molecule has 1 atom stereocenters. The van der Waals surface area contributed by atoms with Gasteiger partial charge in [0.15, 0.2) is 6.10 Å². The van der Waals surface area contributed by atoms with Crippen molar-refractivity contribution in [2.75, 3.05) is 5.32 Å². The van der Waals surface area contributed by atoms with E-state index in [2.05, 4.69) is 5.32 Å². The van der Waals surface area contributed by atoms with E-state index in [4.69, 9.17) is 10.5 Å². The van der Waals surface area contributed by atoms with Crippen molar-refractivity contribution in [2.24, 2.45) is 11.7 Å². The van der Waals surface area contributed by atoms with Gasteiger partial charge in [0.1, 0.15) is 0 Å². The van der Waals surface area contributed by atoms with Crippen molar-refractivity contribution in [2.45, 2.75) is 64.4 Å². The molecule has 1 saturated carbocycles. The van der Waals surface area contributed by atoms with Gasteiger partial charge in [0.2, 0.25) is 5.91 Å². The van der Waals surface area contributed by atoms with Crippen molar-refractivity contribution >= 4 is 23.5 Å². The zero-order valence-electron chi connectivity index (χ0n) is 15.3. The Balaban J connectivity index is 1.69. The quantitative estimate of drug-likeness (QED) is 0.694. The molecule has 6 heteroatoms. The van der Waals surface area contributed by atoms with E-state index in [1.54, 1.807) is 19.1 Å². The standard InChI is InChI=1S/C20H28N2O4/c1-14(20(25)22-17-12-10-16(11-13-17)19(21)24)26-18(23)9-5-8-15-6-3-2-4-7-15/h10-15H,2-9H2,1H3,(H2,21,24)(H,22,25)/t14-/m1/s1. The number of esters is 1. The maximum Gasteiger partial charge on any atom is 0.306 e. The minimum absolute atomic E-state index is 0.340. The van der Waals surface area contributed by atoms with Gasteiger partial charge in [-0.25, -0.2) is 0 Å². The van der Waals surface area contributed by atoms with Crippen molar-refractivity contribution in [1.29, 1.82) is 0 Å². The van der Waals surface area contributed by atoms with E-state index in [9.17, 15) is 14.4 Å². The summed E-state index contributed by atoms with van der Waals surface area (Å²) in [5.74, 6) is -0.538. The highest BCUT2D eigenvalue weighted by molar-refractivity contribution is 5.96. The summed E-state index contributed by atoms with van der Waals surface area (Å²) >= 11 is 0. The molecule has 1 aromatic rings. The Hall–Kier alpha value is -2.37. The van der Waals surface area contributed by atoms with Gasteiger partial charge in [0.25, 0.3) is 5.91 Å². The smallest absolute Gasteiger partial charge is 0.306 e. The Kier molecular flexibility index (Phi) is 7.63. The fourth-order valence-electron chi connectivity index (χ4n) is 3.28. The van der Waals surface area contributed by atoms with Crippen molar-refractivity contribution in [3.63, 3.8) is 0 Å². The van der Waals surface area contributed by atoms with Gasteiger partial charge in [0.05, 0.1) is 0 Å². The number of amides is 2. The van der Waals surface area contributed by atoms with Gasteiger partial charge in [-0.2, -0.15) is 0 Å². The average Bonchev–Trinajstić information content (AvgIpc) is 2.63. The molecule has 0 unspecified atom stereocenters. The number of nitrogens with two attached hydrogens (primary N) is 1. The molecular formula is C20H28N2O4. The lowest BCUT2D eigenvalue weighted by atomic mass is 9.86. The first-order valence-corrected chi connectivity index (χ1v) is 9.36. The molecule has 2 amide bonds. The van der Waals surface area contributed by atoms with Crippen molar-refractivity contribution < 1.29 is 19.1 Å². The third kappa shape index (κ3) is 6.50. The second-order valence-corrected chi connectivity index (χ2v) is 6.96. The number of benzene rings is 1. The molecule has 26 heavy (non-hydrogen) atoms. The first-order chi connectivity index (χ1) is 12.5. The summed E-state index contributed by atoms with van der Waals surface area (Å²) < 4.78 is 5.21. The SMILES string of the molecule is C[C@@H](OC(=O)CCCC1CCCCC1)C(=O)Nc1ccc(C(N)=O)cc1. The third-order valence-corrected chi connectivity index (χ3v) is 4.83. The Morgan fingerprint density at radius 1 is 1.15 bits per heavy atom. The summed E-state index contributed by atoms with van der Waals surface area (Å²) in [5.41, 5.74) is 6.05. The molecule has 6 nitrogen and oxygen atoms in total. The molecule has 2 rings (SSSR count). The Morgan fingerprint density at radius 2 is 1.81 bits per heavy atom. The highest BCUT2D eigenvalue weighted by atomic mass is 16.5. The molecule has 1 aliphatic carbocycles. The molecule has 1 aliphatic rings. The molecule has 1 aromatic carbocycles. The highest BCUT2D eigenvalue weighted by Gasteiger charge is 2.19. The first kappa shape index (κ1) is 19.9. The molecule has 0 spiro atoms. The molecule has 0 saturated heterocycles. The van der Waals surface area contributed by atoms with Crippen LogP contribution in [0.5, 0.6) is 0 Å². The normalized spacial score (nSPS) is 15.9. The number of hydrogen-bond donors (Lipinski definition) is 2. The van der Waals surface area contributed by atoms with Crippen LogP contribution in [-0.2, 0) is 14.3 Å². The van der Waals surface area contributed by atoms with E-state index < -0.39 is 17.9 Å². The third-order valence-electron chi connectivity index (χ3n) is 4.83. The lowest BCUT2D eigenvalue weighted by Crippen LogP contribution is -2.30. The van der Waals surface area contributed by atoms with Crippen molar-refractivity contribution in [3.05, 3.63) is 29.8 Å². The fourth-order valence-corrected chi connectivity index (χ4v) is 3.28. The molecule has 0 radical (unpaired) electrons. The van der Waals surface area contributed by atoms with E-state index in [-0.39, 0.29) is 5.97 Å². The van der Waals surface area contributed by atoms with Gasteiger partial charge in [-0.3, -0.25) is 14.4 Å². The van der Waals surface area contributed by atoms with E-state index in [1.807, 2.05) is 0 Å². The number of carbonyl (C=O) groups excluding carboxylic acids is 3. The van der Waals surface area contributed by atoms with Gasteiger partial charge >= 0.3 is 5.97 Å². The summed E-state index contributed by atoms with van der Waals surface area (Å²) in [6, 6.07) is 6.22. The van der Waals surface area contributed by atoms with Crippen LogP contribution in [0, 0.1) is 5.92 Å². The monoisotopic (exact) mass is 360 g/mol. The van der Waals surface area contributed by atoms with Crippen molar-refractivity contribution in [1.82, 2.24) is 0 Å². The fraction of sp³-hybridized carbons (Fsp3) is 0.550. The van der Waals surface area contributed by atoms with Crippen LogP contribution >= 0.6 is 0 Å². The molecule has 0 aromatic heterocycles. The van der Waals surface area contributed by atoms with Crippen LogP contribution in [0.15, 0.2) is 24.3 Å². The maximum atomic E-state index is 12.1. The van der Waals surface area contributed by atoms with Gasteiger partial charge in [0, 0.05) is 17.7 Å². The summed E-state index contributed by atoms with van der Waals surface area (Å²) in [4.78, 5) is 35.1.